The molecule has 7 nitrogen and oxygen atoms in total. The number of aryl methyl sites for hydroxylation is 3. The lowest BCUT2D eigenvalue weighted by atomic mass is 10.1. The summed E-state index contributed by atoms with van der Waals surface area (Å²) in [6, 6.07) is 9.26. The highest BCUT2D eigenvalue weighted by atomic mass is 32.1. The highest BCUT2D eigenvalue weighted by Crippen LogP contribution is 2.29. The molecule has 8 heteroatoms. The Hall–Kier alpha value is -3.13. The van der Waals surface area contributed by atoms with Gasteiger partial charge in [0.2, 0.25) is 5.13 Å². The number of amides is 2. The summed E-state index contributed by atoms with van der Waals surface area (Å²) in [6.07, 6.45) is 0. The lowest BCUT2D eigenvalue weighted by Crippen LogP contribution is -2.23. The molecule has 0 aliphatic heterocycles. The Labute approximate surface area is 167 Å². The van der Waals surface area contributed by atoms with Crippen molar-refractivity contribution < 1.29 is 9.59 Å². The van der Waals surface area contributed by atoms with Gasteiger partial charge in [0.25, 0.3) is 11.8 Å². The normalized spacial score (nSPS) is 10.6. The molecule has 1 aromatic carbocycles. The van der Waals surface area contributed by atoms with Crippen LogP contribution in [0.1, 0.15) is 37.7 Å². The first kappa shape index (κ1) is 19.6. The molecule has 0 bridgehead atoms. The van der Waals surface area contributed by atoms with Crippen LogP contribution >= 0.6 is 11.3 Å². The molecule has 144 valence electrons. The van der Waals surface area contributed by atoms with Crippen LogP contribution in [0, 0.1) is 20.8 Å². The molecule has 0 radical (unpaired) electrons. The highest BCUT2D eigenvalue weighted by Gasteiger charge is 2.17. The van der Waals surface area contributed by atoms with E-state index in [2.05, 4.69) is 26.6 Å². The minimum Gasteiger partial charge on any atom is -0.343 e. The molecule has 2 heterocycles. The summed E-state index contributed by atoms with van der Waals surface area (Å²) in [5.74, 6) is -0.547. The summed E-state index contributed by atoms with van der Waals surface area (Å²) < 4.78 is 0. The molecule has 3 aromatic rings. The van der Waals surface area contributed by atoms with E-state index in [-0.39, 0.29) is 11.8 Å². The number of hydrogen-bond acceptors (Lipinski definition) is 6. The second-order valence-electron chi connectivity index (χ2n) is 6.71. The van der Waals surface area contributed by atoms with E-state index >= 15 is 0 Å². The van der Waals surface area contributed by atoms with Crippen molar-refractivity contribution in [2.24, 2.45) is 0 Å². The van der Waals surface area contributed by atoms with Crippen LogP contribution in [0.2, 0.25) is 0 Å². The van der Waals surface area contributed by atoms with Crippen LogP contribution in [0.25, 0.3) is 10.6 Å². The molecular formula is C20H21N5O2S. The number of nitrogens with zero attached hydrogens (tertiary/aromatic N) is 4. The minimum absolute atomic E-state index is 0.211. The Morgan fingerprint density at radius 2 is 1.79 bits per heavy atom. The maximum atomic E-state index is 12.6. The van der Waals surface area contributed by atoms with Crippen LogP contribution in [0.4, 0.5) is 5.13 Å². The SMILES string of the molecule is Cc1ccc(-c2nnc(NC(=O)c3ccc(C(=O)N(C)C)nc3C)s2)c(C)c1. The maximum Gasteiger partial charge on any atom is 0.271 e. The number of nitrogens with one attached hydrogen (secondary N) is 1. The van der Waals surface area contributed by atoms with Gasteiger partial charge in [-0.15, -0.1) is 10.2 Å². The van der Waals surface area contributed by atoms with Crippen molar-refractivity contribution in [2.45, 2.75) is 20.8 Å². The topological polar surface area (TPSA) is 88.1 Å². The van der Waals surface area contributed by atoms with Gasteiger partial charge < -0.3 is 4.90 Å². The van der Waals surface area contributed by atoms with Crippen molar-refractivity contribution >= 4 is 28.3 Å². The molecule has 0 unspecified atom stereocenters. The van der Waals surface area contributed by atoms with E-state index in [1.54, 1.807) is 33.2 Å². The number of rotatable bonds is 4. The quantitative estimate of drug-likeness (QED) is 0.731. The molecule has 2 amide bonds. The average molecular weight is 395 g/mol. The number of carbonyl (C=O) groups excluding carboxylic acids is 2. The van der Waals surface area contributed by atoms with Gasteiger partial charge in [-0.25, -0.2) is 4.98 Å². The second kappa shape index (κ2) is 7.85. The van der Waals surface area contributed by atoms with Gasteiger partial charge in [-0.3, -0.25) is 14.9 Å². The van der Waals surface area contributed by atoms with E-state index in [9.17, 15) is 9.59 Å². The highest BCUT2D eigenvalue weighted by molar-refractivity contribution is 7.18. The van der Waals surface area contributed by atoms with Gasteiger partial charge in [0.05, 0.1) is 11.3 Å². The van der Waals surface area contributed by atoms with Crippen LogP contribution in [0.15, 0.2) is 30.3 Å². The third-order valence-electron chi connectivity index (χ3n) is 4.21. The summed E-state index contributed by atoms with van der Waals surface area (Å²) >= 11 is 1.31. The zero-order chi connectivity index (χ0) is 20.4. The fourth-order valence-electron chi connectivity index (χ4n) is 2.75. The third-order valence-corrected chi connectivity index (χ3v) is 5.09. The van der Waals surface area contributed by atoms with E-state index in [0.29, 0.717) is 22.1 Å². The molecule has 2 aromatic heterocycles. The molecule has 28 heavy (non-hydrogen) atoms. The van der Waals surface area contributed by atoms with Gasteiger partial charge >= 0.3 is 0 Å². The van der Waals surface area contributed by atoms with E-state index in [1.165, 1.54) is 21.8 Å². The molecular weight excluding hydrogens is 374 g/mol. The average Bonchev–Trinajstić information content (AvgIpc) is 3.08. The van der Waals surface area contributed by atoms with Crippen LogP contribution in [-0.4, -0.2) is 46.0 Å². The van der Waals surface area contributed by atoms with Crippen molar-refractivity contribution in [3.8, 4) is 10.6 Å². The van der Waals surface area contributed by atoms with E-state index in [0.717, 1.165) is 16.1 Å². The summed E-state index contributed by atoms with van der Waals surface area (Å²) in [7, 11) is 3.31. The standard InChI is InChI=1S/C20H21N5O2S/c1-11-6-7-14(12(2)10-11)18-23-24-20(28-18)22-17(26)15-8-9-16(21-13(15)3)19(27)25(4)5/h6-10H,1-5H3,(H,22,24,26). The maximum absolute atomic E-state index is 12.6. The zero-order valence-electron chi connectivity index (χ0n) is 16.4. The smallest absolute Gasteiger partial charge is 0.271 e. The van der Waals surface area contributed by atoms with Gasteiger partial charge in [0.1, 0.15) is 10.7 Å². The zero-order valence-corrected chi connectivity index (χ0v) is 17.2. The first-order valence-corrected chi connectivity index (χ1v) is 9.49. The number of aromatic nitrogens is 3. The largest absolute Gasteiger partial charge is 0.343 e. The lowest BCUT2D eigenvalue weighted by Gasteiger charge is -2.11. The Balaban J connectivity index is 1.79. The molecule has 0 spiro atoms. The van der Waals surface area contributed by atoms with Crippen LogP contribution in [0.3, 0.4) is 0 Å². The van der Waals surface area contributed by atoms with E-state index in [4.69, 9.17) is 0 Å². The Kier molecular flexibility index (Phi) is 5.51. The Morgan fingerprint density at radius 1 is 1.04 bits per heavy atom. The van der Waals surface area contributed by atoms with Crippen LogP contribution in [0.5, 0.6) is 0 Å². The number of anilines is 1. The molecule has 0 aliphatic carbocycles. The molecule has 0 atom stereocenters. The van der Waals surface area contributed by atoms with Gasteiger partial charge in [-0.05, 0) is 38.5 Å². The van der Waals surface area contributed by atoms with Crippen LogP contribution < -0.4 is 5.32 Å². The minimum atomic E-state index is -0.336. The molecule has 0 fully saturated rings. The predicted octanol–water partition coefficient (Wildman–Crippen LogP) is 3.48. The molecule has 0 saturated carbocycles. The molecule has 1 N–H and O–H groups in total. The number of benzene rings is 1. The first-order valence-electron chi connectivity index (χ1n) is 8.68. The van der Waals surface area contributed by atoms with E-state index in [1.807, 2.05) is 26.0 Å². The van der Waals surface area contributed by atoms with Gasteiger partial charge in [0.15, 0.2) is 0 Å². The molecule has 0 aliphatic rings. The van der Waals surface area contributed by atoms with Crippen molar-refractivity contribution in [2.75, 3.05) is 19.4 Å². The van der Waals surface area contributed by atoms with Crippen LogP contribution in [-0.2, 0) is 0 Å². The lowest BCUT2D eigenvalue weighted by molar-refractivity contribution is 0.0821. The summed E-state index contributed by atoms with van der Waals surface area (Å²) in [5.41, 5.74) is 4.44. The summed E-state index contributed by atoms with van der Waals surface area (Å²) in [5, 5.41) is 12.2. The summed E-state index contributed by atoms with van der Waals surface area (Å²) in [6.45, 7) is 5.76. The Morgan fingerprint density at radius 3 is 2.43 bits per heavy atom. The number of hydrogen-bond donors (Lipinski definition) is 1. The molecule has 0 saturated heterocycles. The van der Waals surface area contributed by atoms with Crippen molar-refractivity contribution in [1.82, 2.24) is 20.1 Å². The van der Waals surface area contributed by atoms with Crippen molar-refractivity contribution in [1.29, 1.82) is 0 Å². The van der Waals surface area contributed by atoms with Gasteiger partial charge in [-0.2, -0.15) is 0 Å². The Bertz CT molecular complexity index is 1060. The van der Waals surface area contributed by atoms with Gasteiger partial charge in [-0.1, -0.05) is 35.1 Å². The second-order valence-corrected chi connectivity index (χ2v) is 7.69. The van der Waals surface area contributed by atoms with Gasteiger partial charge in [0, 0.05) is 19.7 Å². The summed E-state index contributed by atoms with van der Waals surface area (Å²) in [4.78, 5) is 30.3. The molecule has 3 rings (SSSR count). The van der Waals surface area contributed by atoms with Crippen molar-refractivity contribution in [3.63, 3.8) is 0 Å². The fraction of sp³-hybridized carbons (Fsp3) is 0.250. The first-order chi connectivity index (χ1) is 13.3. The third kappa shape index (κ3) is 4.07. The number of pyridine rings is 1. The van der Waals surface area contributed by atoms with Crippen molar-refractivity contribution in [3.05, 3.63) is 58.4 Å². The monoisotopic (exact) mass is 395 g/mol. The fourth-order valence-corrected chi connectivity index (χ4v) is 3.58. The number of carbonyl (C=O) groups is 2. The van der Waals surface area contributed by atoms with E-state index < -0.39 is 0 Å². The predicted molar refractivity (Wildman–Crippen MR) is 110 cm³/mol.